The van der Waals surface area contributed by atoms with Crippen LogP contribution in [0.25, 0.3) is 0 Å². The Bertz CT molecular complexity index is 6350. The van der Waals surface area contributed by atoms with Crippen LogP contribution in [-0.2, 0) is 37.7 Å². The van der Waals surface area contributed by atoms with E-state index < -0.39 is 0 Å². The summed E-state index contributed by atoms with van der Waals surface area (Å²) in [5.74, 6) is 3.36. The number of hydrogen-bond acceptors (Lipinski definition) is 17. The van der Waals surface area contributed by atoms with Crippen molar-refractivity contribution in [3.05, 3.63) is 547 Å². The standard InChI is InChI=1S/C32H26O4.C29H28O4.C21H20O3.C20H18O3.C19H16O3/c33-27-13-5-23(6-14-27)31(24-7-15-28(34)16-8-24)21-1-2-22(4-3-21)32(25-9-17-29(35)18-10-25)26-11-19-30(36)20-12-26;30-25-9-1-21(2-10-25)17-19-29(23-5-13-27(32)14-6-23,24-7-15-28(33)16-8-24)20-18-22-3-11-26(31)12-4-22;1-14-10-17(12-15-2-6-19(22)7-3-15)21(24)18(11-14)13-16-4-8-20(23)9-5-16;21-13-16-3-1-2-4-19(16)20(14-5-9-17(22)10-6-14)15-7-11-18(23)12-8-15;20-16-7-1-13(2-8-16)19(14-3-9-17(21)10-4-14)15-5-11-18(22)12-6-15/h1-20,31-36H;1-16,30-33H,17-20H2;2-11,22-24H,12-13H2,1H3;1-12,20-23H,13H2;1-12,19-22H. The maximum Gasteiger partial charge on any atom is 0.122 e. The van der Waals surface area contributed by atoms with Gasteiger partial charge in [0.2, 0.25) is 0 Å². The van der Waals surface area contributed by atoms with Crippen molar-refractivity contribution in [3.63, 3.8) is 0 Å². The smallest absolute Gasteiger partial charge is 0.122 e. The van der Waals surface area contributed by atoms with E-state index in [2.05, 4.69) is 24.3 Å². The number of phenolic OH excluding ortho intramolecular Hbond substituents is 16. The summed E-state index contributed by atoms with van der Waals surface area (Å²) < 4.78 is 0. The maximum absolute atomic E-state index is 10.6. The molecule has 0 atom stereocenters. The number of aromatic hydroxyl groups is 16. The van der Waals surface area contributed by atoms with Crippen molar-refractivity contribution >= 4 is 0 Å². The fourth-order valence-corrected chi connectivity index (χ4v) is 17.5. The van der Waals surface area contributed by atoms with Crippen LogP contribution in [0, 0.1) is 6.92 Å². The molecule has 138 heavy (non-hydrogen) atoms. The van der Waals surface area contributed by atoms with Crippen LogP contribution in [0.1, 0.15) is 159 Å². The quantitative estimate of drug-likeness (QED) is 0.0236. The second kappa shape index (κ2) is 45.9. The fourth-order valence-electron chi connectivity index (χ4n) is 17.5. The molecule has 18 aromatic carbocycles. The molecule has 17 nitrogen and oxygen atoms in total. The van der Waals surface area contributed by atoms with E-state index in [1.165, 1.54) is 0 Å². The van der Waals surface area contributed by atoms with Gasteiger partial charge in [0.15, 0.2) is 0 Å². The van der Waals surface area contributed by atoms with Gasteiger partial charge in [-0.3, -0.25) is 0 Å². The highest BCUT2D eigenvalue weighted by molar-refractivity contribution is 5.56. The SMILES string of the molecule is Cc1cc(Cc2ccc(O)cc2)c(O)c(Cc2ccc(O)cc2)c1.OCc1ccccc1C(c1ccc(O)cc1)c1ccc(O)cc1.Oc1ccc(C(c2ccc(O)cc2)c2ccc(C(c3ccc(O)cc3)c3ccc(O)cc3)cc2)cc1.Oc1ccc(C(c2ccc(O)cc2)c2ccc(O)cc2)cc1.Oc1ccc(CCC(CCc2ccc(O)cc2)(c2ccc(O)cc2)c2ccc(O)cc2)cc1. The number of phenols is 16. The van der Waals surface area contributed by atoms with Crippen molar-refractivity contribution in [3.8, 4) is 92.0 Å². The Hall–Kier alpha value is -17.3. The summed E-state index contributed by atoms with van der Waals surface area (Å²) in [4.78, 5) is 0. The number of aryl methyl sites for hydroxylation is 3. The summed E-state index contributed by atoms with van der Waals surface area (Å²) in [6.45, 7) is 1.98. The lowest BCUT2D eigenvalue weighted by Crippen LogP contribution is -2.29. The number of rotatable bonds is 25. The first-order chi connectivity index (χ1) is 66.7. The zero-order valence-corrected chi connectivity index (χ0v) is 75.8. The number of aliphatic hydroxyl groups is 1. The third-order valence-electron chi connectivity index (χ3n) is 24.6. The van der Waals surface area contributed by atoms with Crippen LogP contribution in [0.3, 0.4) is 0 Å². The van der Waals surface area contributed by atoms with Crippen LogP contribution in [-0.4, -0.2) is 86.8 Å². The molecule has 0 heterocycles. The summed E-state index contributed by atoms with van der Waals surface area (Å²) in [7, 11) is 0. The van der Waals surface area contributed by atoms with Crippen molar-refractivity contribution in [2.75, 3.05) is 0 Å². The average molecular weight is 1830 g/mol. The molecule has 17 heteroatoms. The van der Waals surface area contributed by atoms with E-state index in [0.29, 0.717) is 18.6 Å². The Balaban J connectivity index is 0.000000140. The molecule has 694 valence electrons. The van der Waals surface area contributed by atoms with Crippen LogP contribution in [0.4, 0.5) is 0 Å². The molecule has 18 rings (SSSR count). The first-order valence-corrected chi connectivity index (χ1v) is 45.2. The molecule has 0 spiro atoms. The molecule has 17 N–H and O–H groups in total. The van der Waals surface area contributed by atoms with E-state index in [1.807, 2.05) is 225 Å². The minimum atomic E-state index is -0.378. The highest BCUT2D eigenvalue weighted by atomic mass is 16.3. The summed E-state index contributed by atoms with van der Waals surface area (Å²) in [5, 5.41) is 165. The van der Waals surface area contributed by atoms with Crippen LogP contribution >= 0.6 is 0 Å². The second-order valence-electron chi connectivity index (χ2n) is 34.2. The Kier molecular flexibility index (Phi) is 32.2. The zero-order valence-electron chi connectivity index (χ0n) is 75.8. The molecule has 0 aliphatic carbocycles. The van der Waals surface area contributed by atoms with Crippen molar-refractivity contribution in [1.29, 1.82) is 0 Å². The molecule has 0 aromatic heterocycles. The third kappa shape index (κ3) is 26.0. The highest BCUT2D eigenvalue weighted by Gasteiger charge is 2.35. The molecular formula is C121H108O17. The normalized spacial score (nSPS) is 11.0. The lowest BCUT2D eigenvalue weighted by atomic mass is 9.67. The Labute approximate surface area is 802 Å². The molecule has 0 radical (unpaired) electrons. The molecule has 0 amide bonds. The minimum absolute atomic E-state index is 0.0388. The summed E-state index contributed by atoms with van der Waals surface area (Å²) in [5.41, 5.74) is 22.2. The summed E-state index contributed by atoms with van der Waals surface area (Å²) in [6, 6.07) is 128. The molecule has 0 unspecified atom stereocenters. The monoisotopic (exact) mass is 1830 g/mol. The Morgan fingerprint density at radius 1 is 0.196 bits per heavy atom. The molecular weight excluding hydrogens is 1730 g/mol. The summed E-state index contributed by atoms with van der Waals surface area (Å²) >= 11 is 0. The van der Waals surface area contributed by atoms with Gasteiger partial charge in [-0.15, -0.1) is 0 Å². The molecule has 18 aromatic rings. The van der Waals surface area contributed by atoms with E-state index >= 15 is 0 Å². The van der Waals surface area contributed by atoms with E-state index in [4.69, 9.17) is 0 Å². The van der Waals surface area contributed by atoms with Gasteiger partial charge in [0.05, 0.1) is 6.61 Å². The number of aliphatic hydroxyl groups excluding tert-OH is 1. The van der Waals surface area contributed by atoms with Crippen molar-refractivity contribution in [2.24, 2.45) is 0 Å². The van der Waals surface area contributed by atoms with Gasteiger partial charge in [0, 0.05) is 41.9 Å². The second-order valence-corrected chi connectivity index (χ2v) is 34.2. The lowest BCUT2D eigenvalue weighted by Gasteiger charge is -2.36. The third-order valence-corrected chi connectivity index (χ3v) is 24.6. The first-order valence-electron chi connectivity index (χ1n) is 45.2. The van der Waals surface area contributed by atoms with E-state index in [0.717, 1.165) is 148 Å². The fraction of sp³-hybridized carbons (Fsp3) is 0.107. The Morgan fingerprint density at radius 3 is 0.594 bits per heavy atom. The molecule has 0 fully saturated rings. The van der Waals surface area contributed by atoms with Gasteiger partial charge < -0.3 is 86.8 Å². The average Bonchev–Trinajstić information content (AvgIpc) is 0.781. The van der Waals surface area contributed by atoms with Gasteiger partial charge in [0.25, 0.3) is 0 Å². The minimum Gasteiger partial charge on any atom is -0.508 e. The molecule has 0 aliphatic rings. The largest absolute Gasteiger partial charge is 0.508 e. The number of benzene rings is 18. The van der Waals surface area contributed by atoms with E-state index in [1.54, 1.807) is 182 Å². The Morgan fingerprint density at radius 2 is 0.377 bits per heavy atom. The van der Waals surface area contributed by atoms with Crippen molar-refractivity contribution < 1.29 is 86.8 Å². The lowest BCUT2D eigenvalue weighted by molar-refractivity contribution is 0.280. The number of hydrogen-bond donors (Lipinski definition) is 17. The van der Waals surface area contributed by atoms with Gasteiger partial charge >= 0.3 is 0 Å². The van der Waals surface area contributed by atoms with Crippen molar-refractivity contribution in [2.45, 2.75) is 81.1 Å². The van der Waals surface area contributed by atoms with E-state index in [-0.39, 0.29) is 122 Å². The van der Waals surface area contributed by atoms with Crippen molar-refractivity contribution in [1.82, 2.24) is 0 Å². The molecule has 0 aliphatic heterocycles. The van der Waals surface area contributed by atoms with Gasteiger partial charge in [0.1, 0.15) is 92.0 Å². The van der Waals surface area contributed by atoms with Crippen LogP contribution in [0.5, 0.6) is 92.0 Å². The van der Waals surface area contributed by atoms with Gasteiger partial charge in [-0.05, 0) is 331 Å². The topological polar surface area (TPSA) is 344 Å². The molecule has 0 saturated heterocycles. The van der Waals surface area contributed by atoms with Crippen LogP contribution < -0.4 is 0 Å². The van der Waals surface area contributed by atoms with Gasteiger partial charge in [-0.2, -0.15) is 0 Å². The predicted octanol–water partition coefficient (Wildman–Crippen LogP) is 25.0. The highest BCUT2D eigenvalue weighted by Crippen LogP contribution is 2.45. The first kappa shape index (κ1) is 96.8. The zero-order chi connectivity index (χ0) is 97.2. The molecule has 0 saturated carbocycles. The van der Waals surface area contributed by atoms with Gasteiger partial charge in [-0.1, -0.05) is 248 Å². The predicted molar refractivity (Wildman–Crippen MR) is 540 cm³/mol. The molecule has 0 bridgehead atoms. The summed E-state index contributed by atoms with van der Waals surface area (Å²) in [6.07, 6.45) is 4.39. The maximum atomic E-state index is 10.6. The van der Waals surface area contributed by atoms with E-state index in [9.17, 15) is 86.8 Å². The van der Waals surface area contributed by atoms with Crippen LogP contribution in [0.15, 0.2) is 425 Å². The van der Waals surface area contributed by atoms with Crippen LogP contribution in [0.2, 0.25) is 0 Å². The van der Waals surface area contributed by atoms with Gasteiger partial charge in [-0.25, -0.2) is 0 Å².